The first-order valence-corrected chi connectivity index (χ1v) is 14.1. The van der Waals surface area contributed by atoms with Gasteiger partial charge < -0.3 is 24.2 Å². The van der Waals surface area contributed by atoms with Gasteiger partial charge in [0.2, 0.25) is 11.6 Å². The van der Waals surface area contributed by atoms with Crippen molar-refractivity contribution >= 4 is 35.3 Å². The summed E-state index contributed by atoms with van der Waals surface area (Å²) in [6.45, 7) is 5.25. The molecule has 5 atom stereocenters. The topological polar surface area (TPSA) is 154 Å². The summed E-state index contributed by atoms with van der Waals surface area (Å²) in [5, 5.41) is 8.85. The van der Waals surface area contributed by atoms with E-state index < -0.39 is 58.4 Å². The van der Waals surface area contributed by atoms with Crippen LogP contribution in [0.15, 0.2) is 22.3 Å². The number of allylic oxidation sites excluding steroid dienone is 1. The van der Waals surface area contributed by atoms with Gasteiger partial charge in [0.15, 0.2) is 0 Å². The molecule has 1 fully saturated rings. The largest absolute Gasteiger partial charge is 0.481 e. The fraction of sp³-hybridized carbons (Fsp3) is 0.667. The highest BCUT2D eigenvalue weighted by atomic mass is 16.6. The minimum Gasteiger partial charge on any atom is -0.481 e. The summed E-state index contributed by atoms with van der Waals surface area (Å²) in [6, 6.07) is 0. The van der Waals surface area contributed by atoms with Crippen LogP contribution in [0.5, 0.6) is 0 Å². The van der Waals surface area contributed by atoms with E-state index in [4.69, 9.17) is 19.3 Å². The quantitative estimate of drug-likeness (QED) is 0.220. The van der Waals surface area contributed by atoms with E-state index in [2.05, 4.69) is 0 Å². The third kappa shape index (κ3) is 5.30. The molecule has 0 amide bonds. The number of carbonyl (C=O) groups is 6. The molecule has 11 nitrogen and oxygen atoms in total. The predicted molar refractivity (Wildman–Crippen MR) is 144 cm³/mol. The van der Waals surface area contributed by atoms with Crippen molar-refractivity contribution < 1.29 is 48.1 Å². The number of hydrogen-bond acceptors (Lipinski definition) is 10. The Balaban J connectivity index is 1.82. The molecule has 0 radical (unpaired) electrons. The fourth-order valence-corrected chi connectivity index (χ4v) is 7.33. The lowest BCUT2D eigenvalue weighted by atomic mass is 9.52. The SMILES string of the molecule is COCC1OC(=O)C(CN(C)CCCCCC(=O)O)=C2C(=O)C(=O)C3=C(C(OC(C)=O)CC4(C)C(=O)CCC34)C21C. The summed E-state index contributed by atoms with van der Waals surface area (Å²) < 4.78 is 17.1. The first-order valence-electron chi connectivity index (χ1n) is 14.1. The second-order valence-electron chi connectivity index (χ2n) is 12.1. The molecular formula is C30H39NO10. The number of aliphatic carboxylic acids is 1. The summed E-state index contributed by atoms with van der Waals surface area (Å²) in [5.41, 5.74) is -1.56. The number of ketones is 3. The molecule has 1 aliphatic heterocycles. The second-order valence-corrected chi connectivity index (χ2v) is 12.1. The number of unbranched alkanes of at least 4 members (excludes halogenated alkanes) is 2. The summed E-state index contributed by atoms with van der Waals surface area (Å²) >= 11 is 0. The Morgan fingerprint density at radius 2 is 1.80 bits per heavy atom. The van der Waals surface area contributed by atoms with Gasteiger partial charge in [-0.25, -0.2) is 4.79 Å². The number of carboxylic acid groups (broad SMARTS) is 1. The van der Waals surface area contributed by atoms with Gasteiger partial charge >= 0.3 is 17.9 Å². The molecule has 0 bridgehead atoms. The molecule has 1 N–H and O–H groups in total. The zero-order valence-electron chi connectivity index (χ0n) is 24.4. The van der Waals surface area contributed by atoms with Crippen LogP contribution in [0.25, 0.3) is 0 Å². The van der Waals surface area contributed by atoms with Crippen LogP contribution in [-0.2, 0) is 43.0 Å². The summed E-state index contributed by atoms with van der Waals surface area (Å²) in [6.07, 6.45) is 0.847. The van der Waals surface area contributed by atoms with E-state index in [1.165, 1.54) is 14.0 Å². The van der Waals surface area contributed by atoms with E-state index in [0.29, 0.717) is 37.8 Å². The molecule has 0 saturated heterocycles. The van der Waals surface area contributed by atoms with E-state index in [1.807, 2.05) is 4.90 Å². The van der Waals surface area contributed by atoms with Crippen LogP contribution in [0.3, 0.4) is 0 Å². The molecule has 3 aliphatic carbocycles. The third-order valence-corrected chi connectivity index (χ3v) is 9.32. The third-order valence-electron chi connectivity index (χ3n) is 9.32. The maximum Gasteiger partial charge on any atom is 0.336 e. The molecule has 4 rings (SSSR count). The zero-order chi connectivity index (χ0) is 30.3. The number of cyclic esters (lactones) is 1. The number of Topliss-reactive ketones (excluding diaryl/α,β-unsaturated/α-hetero) is 3. The highest BCUT2D eigenvalue weighted by Gasteiger charge is 2.65. The number of carbonyl (C=O) groups excluding carboxylic acids is 5. The number of methoxy groups -OCH3 is 1. The second kappa shape index (κ2) is 11.6. The van der Waals surface area contributed by atoms with E-state index in [9.17, 15) is 28.8 Å². The van der Waals surface area contributed by atoms with Crippen LogP contribution >= 0.6 is 0 Å². The summed E-state index contributed by atoms with van der Waals surface area (Å²) in [5.74, 6) is -4.29. The summed E-state index contributed by atoms with van der Waals surface area (Å²) in [7, 11) is 3.21. The van der Waals surface area contributed by atoms with Crippen LogP contribution in [-0.4, -0.2) is 91.3 Å². The minimum atomic E-state index is -1.32. The molecule has 41 heavy (non-hydrogen) atoms. The Hall–Kier alpha value is -3.18. The van der Waals surface area contributed by atoms with Gasteiger partial charge in [0.1, 0.15) is 18.0 Å². The van der Waals surface area contributed by atoms with Gasteiger partial charge in [0.25, 0.3) is 0 Å². The van der Waals surface area contributed by atoms with Gasteiger partial charge in [0, 0.05) is 62.3 Å². The lowest BCUT2D eigenvalue weighted by Crippen LogP contribution is -2.59. The normalized spacial score (nSPS) is 31.2. The van der Waals surface area contributed by atoms with Crippen molar-refractivity contribution in [2.75, 3.05) is 33.9 Å². The number of hydrogen-bond donors (Lipinski definition) is 1. The number of carboxylic acids is 1. The number of ether oxygens (including phenoxy) is 3. The van der Waals surface area contributed by atoms with Crippen LogP contribution in [0.1, 0.15) is 65.7 Å². The standard InChI is InChI=1S/C30H39NO10/c1-16(32)40-19-13-29(2)18(10-11-20(29)33)23-25(19)30(3)21(15-39-5)41-28(38)17(24(30)27(37)26(23)36)14-31(4)12-8-6-7-9-22(34)35/h18-19,21H,6-15H2,1-5H3,(H,34,35). The van der Waals surface area contributed by atoms with Gasteiger partial charge in [-0.1, -0.05) is 13.3 Å². The van der Waals surface area contributed by atoms with Gasteiger partial charge in [-0.3, -0.25) is 24.0 Å². The van der Waals surface area contributed by atoms with Crippen LogP contribution < -0.4 is 0 Å². The van der Waals surface area contributed by atoms with Gasteiger partial charge in [-0.2, -0.15) is 0 Å². The Labute approximate surface area is 239 Å². The van der Waals surface area contributed by atoms with E-state index in [0.717, 1.165) is 0 Å². The minimum absolute atomic E-state index is 0.0296. The molecule has 0 aromatic rings. The number of likely N-dealkylation sites (N-methyl/N-ethyl adjacent to an activating group) is 1. The number of fused-ring (bicyclic) bond motifs is 4. The maximum atomic E-state index is 14.0. The molecule has 1 heterocycles. The number of rotatable bonds is 11. The van der Waals surface area contributed by atoms with Crippen LogP contribution in [0, 0.1) is 16.7 Å². The van der Waals surface area contributed by atoms with Crippen LogP contribution in [0.2, 0.25) is 0 Å². The Bertz CT molecular complexity index is 1250. The molecule has 0 aromatic heterocycles. The Morgan fingerprint density at radius 1 is 1.10 bits per heavy atom. The molecule has 11 heteroatoms. The highest BCUT2D eigenvalue weighted by molar-refractivity contribution is 6.51. The zero-order valence-corrected chi connectivity index (χ0v) is 24.4. The van der Waals surface area contributed by atoms with Crippen molar-refractivity contribution in [1.29, 1.82) is 0 Å². The summed E-state index contributed by atoms with van der Waals surface area (Å²) in [4.78, 5) is 79.3. The lowest BCUT2D eigenvalue weighted by Gasteiger charge is -2.53. The van der Waals surface area contributed by atoms with E-state index >= 15 is 0 Å². The van der Waals surface area contributed by atoms with Crippen molar-refractivity contribution in [3.8, 4) is 0 Å². The van der Waals surface area contributed by atoms with Gasteiger partial charge in [-0.15, -0.1) is 0 Å². The predicted octanol–water partition coefficient (Wildman–Crippen LogP) is 2.21. The molecule has 224 valence electrons. The molecule has 1 saturated carbocycles. The van der Waals surface area contributed by atoms with Crippen molar-refractivity contribution in [2.45, 2.75) is 77.9 Å². The average Bonchev–Trinajstić information content (AvgIpc) is 3.18. The van der Waals surface area contributed by atoms with E-state index in [-0.39, 0.29) is 54.9 Å². The first kappa shape index (κ1) is 30.8. The van der Waals surface area contributed by atoms with Gasteiger partial charge in [0.05, 0.1) is 17.6 Å². The Kier molecular flexibility index (Phi) is 8.71. The molecule has 0 spiro atoms. The van der Waals surface area contributed by atoms with Crippen LogP contribution in [0.4, 0.5) is 0 Å². The Morgan fingerprint density at radius 3 is 2.44 bits per heavy atom. The van der Waals surface area contributed by atoms with E-state index in [1.54, 1.807) is 20.9 Å². The highest BCUT2D eigenvalue weighted by Crippen LogP contribution is 2.61. The average molecular weight is 574 g/mol. The monoisotopic (exact) mass is 573 g/mol. The fourth-order valence-electron chi connectivity index (χ4n) is 7.33. The first-order chi connectivity index (χ1) is 19.3. The number of nitrogens with zero attached hydrogens (tertiary/aromatic N) is 1. The maximum absolute atomic E-state index is 14.0. The number of esters is 2. The van der Waals surface area contributed by atoms with Crippen molar-refractivity contribution in [1.82, 2.24) is 4.90 Å². The smallest absolute Gasteiger partial charge is 0.336 e. The van der Waals surface area contributed by atoms with Gasteiger partial charge in [-0.05, 0) is 45.4 Å². The van der Waals surface area contributed by atoms with Crippen molar-refractivity contribution in [3.05, 3.63) is 22.3 Å². The van der Waals surface area contributed by atoms with Crippen molar-refractivity contribution in [2.24, 2.45) is 16.7 Å². The molecular weight excluding hydrogens is 534 g/mol. The molecule has 0 aromatic carbocycles. The molecule has 4 aliphatic rings. The van der Waals surface area contributed by atoms with Crippen molar-refractivity contribution in [3.63, 3.8) is 0 Å². The molecule has 5 unspecified atom stereocenters. The lowest BCUT2D eigenvalue weighted by molar-refractivity contribution is -0.162.